The van der Waals surface area contributed by atoms with Crippen LogP contribution in [0.25, 0.3) is 0 Å². The summed E-state index contributed by atoms with van der Waals surface area (Å²) < 4.78 is 16.4. The van der Waals surface area contributed by atoms with Crippen molar-refractivity contribution in [2.45, 2.75) is 39.4 Å². The number of nitrogens with one attached hydrogen (secondary N) is 1. The molecule has 1 N–H and O–H groups in total. The first-order valence-electron chi connectivity index (χ1n) is 10.2. The maximum atomic E-state index is 12.1. The average Bonchev–Trinajstić information content (AvgIpc) is 3.38. The van der Waals surface area contributed by atoms with E-state index >= 15 is 0 Å². The van der Waals surface area contributed by atoms with Crippen LogP contribution in [0.15, 0.2) is 28.9 Å². The summed E-state index contributed by atoms with van der Waals surface area (Å²) in [4.78, 5) is 21.2. The molecule has 1 fully saturated rings. The van der Waals surface area contributed by atoms with E-state index in [9.17, 15) is 4.79 Å². The summed E-state index contributed by atoms with van der Waals surface area (Å²) in [5, 5.41) is 2.91. The minimum Gasteiger partial charge on any atom is -0.454 e. The van der Waals surface area contributed by atoms with E-state index in [4.69, 9.17) is 13.9 Å². The number of rotatable bonds is 7. The number of carbonyl (C=O) groups is 1. The quantitative estimate of drug-likeness (QED) is 0.763. The van der Waals surface area contributed by atoms with Gasteiger partial charge < -0.3 is 19.2 Å². The highest BCUT2D eigenvalue weighted by molar-refractivity contribution is 5.92. The van der Waals surface area contributed by atoms with E-state index in [1.807, 2.05) is 19.9 Å². The van der Waals surface area contributed by atoms with E-state index in [2.05, 4.69) is 32.2 Å². The molecule has 29 heavy (non-hydrogen) atoms. The fourth-order valence-electron chi connectivity index (χ4n) is 3.48. The van der Waals surface area contributed by atoms with Crippen molar-refractivity contribution in [3.8, 4) is 11.5 Å². The second kappa shape index (κ2) is 8.84. The van der Waals surface area contributed by atoms with Gasteiger partial charge in [-0.2, -0.15) is 0 Å². The van der Waals surface area contributed by atoms with Crippen molar-refractivity contribution in [3.05, 3.63) is 41.6 Å². The smallest absolute Gasteiger partial charge is 0.273 e. The van der Waals surface area contributed by atoms with Gasteiger partial charge in [0.25, 0.3) is 5.91 Å². The van der Waals surface area contributed by atoms with Gasteiger partial charge in [0.1, 0.15) is 6.26 Å². The molecule has 0 saturated carbocycles. The molecule has 0 spiro atoms. The molecule has 0 radical (unpaired) electrons. The summed E-state index contributed by atoms with van der Waals surface area (Å²) in [6.07, 6.45) is 2.33. The molecular formula is C21H28N4O4. The number of hydrogen-bond donors (Lipinski definition) is 1. The lowest BCUT2D eigenvalue weighted by molar-refractivity contribution is 0.0934. The number of nitrogens with zero attached hydrogens (tertiary/aromatic N) is 3. The first-order chi connectivity index (χ1) is 14.1. The molecule has 0 bridgehead atoms. The van der Waals surface area contributed by atoms with Gasteiger partial charge in [-0.05, 0) is 31.0 Å². The molecule has 1 aromatic carbocycles. The summed E-state index contributed by atoms with van der Waals surface area (Å²) in [5.41, 5.74) is 1.58. The van der Waals surface area contributed by atoms with Crippen LogP contribution in [0.1, 0.15) is 42.2 Å². The maximum absolute atomic E-state index is 12.1. The Labute approximate surface area is 170 Å². The van der Waals surface area contributed by atoms with Gasteiger partial charge in [0.2, 0.25) is 12.7 Å². The zero-order valence-corrected chi connectivity index (χ0v) is 17.0. The highest BCUT2D eigenvalue weighted by atomic mass is 16.7. The Morgan fingerprint density at radius 2 is 1.86 bits per heavy atom. The first-order valence-corrected chi connectivity index (χ1v) is 10.2. The van der Waals surface area contributed by atoms with E-state index in [-0.39, 0.29) is 11.9 Å². The molecule has 8 nitrogen and oxygen atoms in total. The first kappa shape index (κ1) is 19.7. The molecule has 0 aliphatic carbocycles. The SMILES string of the molecule is CC[C@@H](C)NC(=O)c1coc(CN2CCN(Cc3ccc4c(c3)OCO4)CC2)n1. The molecule has 2 aromatic rings. The number of carbonyl (C=O) groups excluding carboxylic acids is 1. The molecule has 3 heterocycles. The monoisotopic (exact) mass is 400 g/mol. The van der Waals surface area contributed by atoms with E-state index in [0.717, 1.165) is 50.6 Å². The third-order valence-electron chi connectivity index (χ3n) is 5.44. The number of aromatic nitrogens is 1. The molecule has 8 heteroatoms. The Balaban J connectivity index is 1.24. The molecule has 1 amide bonds. The standard InChI is InChI=1S/C21H28N4O4/c1-3-15(2)22-21(26)17-13-27-20(23-17)12-25-8-6-24(7-9-25)11-16-4-5-18-19(10-16)29-14-28-18/h4-5,10,13,15H,3,6-9,11-12,14H2,1-2H3,(H,22,26)/t15-/m1/s1. The van der Waals surface area contributed by atoms with Gasteiger partial charge in [0.05, 0.1) is 6.54 Å². The molecule has 4 rings (SSSR count). The summed E-state index contributed by atoms with van der Waals surface area (Å²) in [6, 6.07) is 6.26. The second-order valence-electron chi connectivity index (χ2n) is 7.65. The largest absolute Gasteiger partial charge is 0.454 e. The second-order valence-corrected chi connectivity index (χ2v) is 7.65. The van der Waals surface area contributed by atoms with Gasteiger partial charge >= 0.3 is 0 Å². The molecule has 0 unspecified atom stereocenters. The van der Waals surface area contributed by atoms with E-state index in [1.165, 1.54) is 11.8 Å². The van der Waals surface area contributed by atoms with Crippen molar-refractivity contribution in [1.82, 2.24) is 20.1 Å². The van der Waals surface area contributed by atoms with Gasteiger partial charge in [-0.25, -0.2) is 4.98 Å². The van der Waals surface area contributed by atoms with E-state index in [1.54, 1.807) is 0 Å². The Hall–Kier alpha value is -2.58. The fraction of sp³-hybridized carbons (Fsp3) is 0.524. The maximum Gasteiger partial charge on any atom is 0.273 e. The number of benzene rings is 1. The van der Waals surface area contributed by atoms with Gasteiger partial charge in [-0.15, -0.1) is 0 Å². The van der Waals surface area contributed by atoms with E-state index in [0.29, 0.717) is 24.9 Å². The lowest BCUT2D eigenvalue weighted by atomic mass is 10.1. The van der Waals surface area contributed by atoms with Crippen LogP contribution in [-0.4, -0.2) is 59.7 Å². The third kappa shape index (κ3) is 4.89. The average molecular weight is 400 g/mol. The topological polar surface area (TPSA) is 80.1 Å². The summed E-state index contributed by atoms with van der Waals surface area (Å²) in [5.74, 6) is 2.06. The third-order valence-corrected chi connectivity index (χ3v) is 5.44. The van der Waals surface area contributed by atoms with Crippen LogP contribution in [0.4, 0.5) is 0 Å². The predicted molar refractivity (Wildman–Crippen MR) is 107 cm³/mol. The summed E-state index contributed by atoms with van der Waals surface area (Å²) >= 11 is 0. The van der Waals surface area contributed by atoms with Crippen LogP contribution in [-0.2, 0) is 13.1 Å². The number of oxazole rings is 1. The molecule has 156 valence electrons. The van der Waals surface area contributed by atoms with Gasteiger partial charge in [-0.1, -0.05) is 13.0 Å². The molecule has 1 aromatic heterocycles. The highest BCUT2D eigenvalue weighted by Gasteiger charge is 2.21. The van der Waals surface area contributed by atoms with Crippen molar-refractivity contribution in [3.63, 3.8) is 0 Å². The van der Waals surface area contributed by atoms with E-state index < -0.39 is 0 Å². The lowest BCUT2D eigenvalue weighted by Crippen LogP contribution is -2.45. The van der Waals surface area contributed by atoms with Crippen LogP contribution in [0.2, 0.25) is 0 Å². The van der Waals surface area contributed by atoms with Crippen LogP contribution in [0.5, 0.6) is 11.5 Å². The summed E-state index contributed by atoms with van der Waals surface area (Å²) in [6.45, 7) is 9.63. The zero-order chi connectivity index (χ0) is 20.2. The Morgan fingerprint density at radius 1 is 1.14 bits per heavy atom. The Morgan fingerprint density at radius 3 is 2.62 bits per heavy atom. The van der Waals surface area contributed by atoms with Crippen LogP contribution in [0.3, 0.4) is 0 Å². The van der Waals surface area contributed by atoms with Crippen molar-refractivity contribution < 1.29 is 18.7 Å². The van der Waals surface area contributed by atoms with Crippen LogP contribution < -0.4 is 14.8 Å². The normalized spacial score (nSPS) is 18.0. The number of hydrogen-bond acceptors (Lipinski definition) is 7. The minimum atomic E-state index is -0.178. The Kier molecular flexibility index (Phi) is 6.01. The van der Waals surface area contributed by atoms with Crippen molar-refractivity contribution in [1.29, 1.82) is 0 Å². The fourth-order valence-corrected chi connectivity index (χ4v) is 3.48. The van der Waals surface area contributed by atoms with Gasteiger partial charge in [0, 0.05) is 38.8 Å². The summed E-state index contributed by atoms with van der Waals surface area (Å²) in [7, 11) is 0. The van der Waals surface area contributed by atoms with Crippen LogP contribution in [0, 0.1) is 0 Å². The molecular weight excluding hydrogens is 372 g/mol. The number of fused-ring (bicyclic) bond motifs is 1. The molecule has 2 aliphatic rings. The van der Waals surface area contributed by atoms with Crippen molar-refractivity contribution in [2.24, 2.45) is 0 Å². The minimum absolute atomic E-state index is 0.125. The molecule has 1 saturated heterocycles. The Bertz CT molecular complexity index is 845. The number of amides is 1. The number of ether oxygens (including phenoxy) is 2. The molecule has 1 atom stereocenters. The van der Waals surface area contributed by atoms with Crippen molar-refractivity contribution >= 4 is 5.91 Å². The number of piperazine rings is 1. The van der Waals surface area contributed by atoms with Crippen LogP contribution >= 0.6 is 0 Å². The predicted octanol–water partition coefficient (Wildman–Crippen LogP) is 2.25. The van der Waals surface area contributed by atoms with Crippen molar-refractivity contribution in [2.75, 3.05) is 33.0 Å². The van der Waals surface area contributed by atoms with Gasteiger partial charge in [0.15, 0.2) is 17.2 Å². The lowest BCUT2D eigenvalue weighted by Gasteiger charge is -2.34. The zero-order valence-electron chi connectivity index (χ0n) is 17.0. The highest BCUT2D eigenvalue weighted by Crippen LogP contribution is 2.32. The molecule has 2 aliphatic heterocycles. The van der Waals surface area contributed by atoms with Gasteiger partial charge in [-0.3, -0.25) is 14.6 Å².